The lowest BCUT2D eigenvalue weighted by Gasteiger charge is -2.14. The van der Waals surface area contributed by atoms with Crippen LogP contribution in [0.1, 0.15) is 15.9 Å². The molecular weight excluding hydrogens is 407 g/mol. The molecule has 0 saturated carbocycles. The van der Waals surface area contributed by atoms with Crippen molar-refractivity contribution >= 4 is 50.5 Å². The molecule has 0 fully saturated rings. The molecule has 0 spiro atoms. The summed E-state index contributed by atoms with van der Waals surface area (Å²) in [5.74, 6) is -0.559. The van der Waals surface area contributed by atoms with Crippen LogP contribution < -0.4 is 16.4 Å². The van der Waals surface area contributed by atoms with Crippen molar-refractivity contribution < 1.29 is 18.0 Å². The molecule has 2 aromatic rings. The van der Waals surface area contributed by atoms with Crippen molar-refractivity contribution in [1.29, 1.82) is 0 Å². The van der Waals surface area contributed by atoms with Gasteiger partial charge in [-0.25, -0.2) is 0 Å². The monoisotopic (exact) mass is 417 g/mol. The summed E-state index contributed by atoms with van der Waals surface area (Å²) >= 11 is 7.94. The molecule has 0 bridgehead atoms. The lowest BCUT2D eigenvalue weighted by atomic mass is 10.2. The number of thiocarbonyl (C=S) groups is 1. The zero-order valence-corrected chi connectivity index (χ0v) is 14.3. The second kappa shape index (κ2) is 7.18. The van der Waals surface area contributed by atoms with Crippen LogP contribution in [-0.4, -0.2) is 11.0 Å². The van der Waals surface area contributed by atoms with E-state index in [0.29, 0.717) is 11.3 Å². The van der Waals surface area contributed by atoms with E-state index in [9.17, 15) is 18.0 Å². The number of halogens is 4. The lowest BCUT2D eigenvalue weighted by molar-refractivity contribution is -0.138. The molecule has 24 heavy (non-hydrogen) atoms. The summed E-state index contributed by atoms with van der Waals surface area (Å²) in [6, 6.07) is 9.88. The summed E-state index contributed by atoms with van der Waals surface area (Å²) in [6.07, 6.45) is -4.48. The van der Waals surface area contributed by atoms with Crippen LogP contribution in [0.25, 0.3) is 0 Å². The van der Waals surface area contributed by atoms with E-state index in [4.69, 9.17) is 18.0 Å². The van der Waals surface area contributed by atoms with Gasteiger partial charge in [-0.2, -0.15) is 13.2 Å². The number of hydrogen-bond donors (Lipinski definition) is 3. The molecule has 0 aliphatic rings. The molecule has 0 radical (unpaired) electrons. The Kier molecular flexibility index (Phi) is 5.45. The average Bonchev–Trinajstić information content (AvgIpc) is 2.48. The SMILES string of the molecule is NC(=O)c1ccc(NC(=S)Nc2ccc(Br)c(C(F)(F)F)c2)cc1. The predicted molar refractivity (Wildman–Crippen MR) is 93.9 cm³/mol. The number of carbonyl (C=O) groups excluding carboxylic acids is 1. The van der Waals surface area contributed by atoms with Crippen molar-refractivity contribution in [2.24, 2.45) is 5.73 Å². The molecule has 0 aromatic heterocycles. The summed E-state index contributed by atoms with van der Waals surface area (Å²) in [5, 5.41) is 5.59. The molecule has 0 atom stereocenters. The quantitative estimate of drug-likeness (QED) is 0.648. The van der Waals surface area contributed by atoms with E-state index in [0.717, 1.165) is 6.07 Å². The third-order valence-electron chi connectivity index (χ3n) is 2.96. The van der Waals surface area contributed by atoms with Crippen LogP contribution in [0, 0.1) is 0 Å². The zero-order chi connectivity index (χ0) is 17.9. The Hall–Kier alpha value is -2.13. The van der Waals surface area contributed by atoms with E-state index in [1.165, 1.54) is 24.3 Å². The highest BCUT2D eigenvalue weighted by molar-refractivity contribution is 9.10. The second-order valence-corrected chi connectivity index (χ2v) is 5.98. The van der Waals surface area contributed by atoms with Gasteiger partial charge in [0.1, 0.15) is 0 Å². The van der Waals surface area contributed by atoms with E-state index < -0.39 is 17.6 Å². The molecule has 0 aliphatic carbocycles. The number of anilines is 2. The first-order valence-electron chi connectivity index (χ1n) is 6.51. The van der Waals surface area contributed by atoms with E-state index >= 15 is 0 Å². The van der Waals surface area contributed by atoms with Crippen LogP contribution in [-0.2, 0) is 6.18 Å². The fourth-order valence-electron chi connectivity index (χ4n) is 1.83. The Bertz CT molecular complexity index is 779. The lowest BCUT2D eigenvalue weighted by Crippen LogP contribution is -2.19. The molecule has 0 aliphatic heterocycles. The highest BCUT2D eigenvalue weighted by atomic mass is 79.9. The Morgan fingerprint density at radius 2 is 1.58 bits per heavy atom. The first-order valence-corrected chi connectivity index (χ1v) is 7.71. The van der Waals surface area contributed by atoms with Gasteiger partial charge in [-0.1, -0.05) is 15.9 Å². The number of amides is 1. The molecule has 4 nitrogen and oxygen atoms in total. The predicted octanol–water partition coefficient (Wildman–Crippen LogP) is 4.38. The van der Waals surface area contributed by atoms with Crippen molar-refractivity contribution in [3.05, 3.63) is 58.1 Å². The number of nitrogens with two attached hydrogens (primary N) is 1. The maximum atomic E-state index is 12.9. The van der Waals surface area contributed by atoms with E-state index in [1.54, 1.807) is 12.1 Å². The second-order valence-electron chi connectivity index (χ2n) is 4.71. The van der Waals surface area contributed by atoms with Gasteiger partial charge < -0.3 is 16.4 Å². The first-order chi connectivity index (χ1) is 11.2. The summed E-state index contributed by atoms with van der Waals surface area (Å²) in [5.41, 5.74) is 5.42. The van der Waals surface area contributed by atoms with E-state index in [1.807, 2.05) is 0 Å². The fraction of sp³-hybridized carbons (Fsp3) is 0.0667. The van der Waals surface area contributed by atoms with Crippen molar-refractivity contribution in [3.8, 4) is 0 Å². The van der Waals surface area contributed by atoms with E-state index in [-0.39, 0.29) is 15.3 Å². The zero-order valence-electron chi connectivity index (χ0n) is 11.9. The van der Waals surface area contributed by atoms with Gasteiger partial charge >= 0.3 is 6.18 Å². The molecule has 0 heterocycles. The Morgan fingerprint density at radius 1 is 1.04 bits per heavy atom. The molecule has 2 aromatic carbocycles. The number of carbonyl (C=O) groups is 1. The highest BCUT2D eigenvalue weighted by Gasteiger charge is 2.33. The van der Waals surface area contributed by atoms with Crippen LogP contribution in [0.15, 0.2) is 46.9 Å². The third kappa shape index (κ3) is 4.68. The highest BCUT2D eigenvalue weighted by Crippen LogP contribution is 2.36. The topological polar surface area (TPSA) is 67.2 Å². The van der Waals surface area contributed by atoms with Gasteiger partial charge in [-0.15, -0.1) is 0 Å². The standard InChI is InChI=1S/C15H11BrF3N3OS/c16-12-6-5-10(7-11(12)15(17,18)19)22-14(24)21-9-3-1-8(2-4-9)13(20)23/h1-7H,(H2,20,23)(H2,21,22,24). The summed E-state index contributed by atoms with van der Waals surface area (Å²) in [6.45, 7) is 0. The summed E-state index contributed by atoms with van der Waals surface area (Å²) < 4.78 is 38.6. The molecule has 0 unspecified atom stereocenters. The maximum Gasteiger partial charge on any atom is 0.417 e. The molecule has 9 heteroatoms. The maximum absolute atomic E-state index is 12.9. The number of alkyl halides is 3. The minimum absolute atomic E-state index is 0.0542. The average molecular weight is 418 g/mol. The largest absolute Gasteiger partial charge is 0.417 e. The third-order valence-corrected chi connectivity index (χ3v) is 3.85. The number of benzene rings is 2. The van der Waals surface area contributed by atoms with E-state index in [2.05, 4.69) is 26.6 Å². The fourth-order valence-corrected chi connectivity index (χ4v) is 2.54. The summed E-state index contributed by atoms with van der Waals surface area (Å²) in [7, 11) is 0. The number of primary amides is 1. The van der Waals surface area contributed by atoms with Gasteiger partial charge in [-0.3, -0.25) is 4.79 Å². The molecular formula is C15H11BrF3N3OS. The number of rotatable bonds is 3. The molecule has 0 saturated heterocycles. The molecule has 126 valence electrons. The Labute approximate surface area is 149 Å². The van der Waals surface area contributed by atoms with Crippen molar-refractivity contribution in [2.45, 2.75) is 6.18 Å². The summed E-state index contributed by atoms with van der Waals surface area (Å²) in [4.78, 5) is 11.0. The van der Waals surface area contributed by atoms with Crippen LogP contribution in [0.2, 0.25) is 0 Å². The van der Waals surface area contributed by atoms with Gasteiger partial charge in [0, 0.05) is 21.4 Å². The number of nitrogens with one attached hydrogen (secondary N) is 2. The Morgan fingerprint density at radius 3 is 2.12 bits per heavy atom. The van der Waals surface area contributed by atoms with Crippen LogP contribution in [0.4, 0.5) is 24.5 Å². The minimum Gasteiger partial charge on any atom is -0.366 e. The normalized spacial score (nSPS) is 11.0. The van der Waals surface area contributed by atoms with Crippen LogP contribution >= 0.6 is 28.1 Å². The van der Waals surface area contributed by atoms with Gasteiger partial charge in [0.25, 0.3) is 0 Å². The van der Waals surface area contributed by atoms with Crippen LogP contribution in [0.3, 0.4) is 0 Å². The molecule has 2 rings (SSSR count). The number of hydrogen-bond acceptors (Lipinski definition) is 2. The first kappa shape index (κ1) is 18.2. The molecule has 4 N–H and O–H groups in total. The smallest absolute Gasteiger partial charge is 0.366 e. The van der Waals surface area contributed by atoms with Crippen molar-refractivity contribution in [2.75, 3.05) is 10.6 Å². The van der Waals surface area contributed by atoms with Crippen molar-refractivity contribution in [1.82, 2.24) is 0 Å². The van der Waals surface area contributed by atoms with Gasteiger partial charge in [0.05, 0.1) is 5.56 Å². The van der Waals surface area contributed by atoms with Crippen LogP contribution in [0.5, 0.6) is 0 Å². The minimum atomic E-state index is -4.48. The van der Waals surface area contributed by atoms with Gasteiger partial charge in [0.15, 0.2) is 5.11 Å². The van der Waals surface area contributed by atoms with Gasteiger partial charge in [0.2, 0.25) is 5.91 Å². The molecule has 1 amide bonds. The van der Waals surface area contributed by atoms with Gasteiger partial charge in [-0.05, 0) is 54.7 Å². The Balaban J connectivity index is 2.08. The van der Waals surface area contributed by atoms with Crippen molar-refractivity contribution in [3.63, 3.8) is 0 Å².